The van der Waals surface area contributed by atoms with E-state index in [9.17, 15) is 29.1 Å². The van der Waals surface area contributed by atoms with Gasteiger partial charge in [-0.3, -0.25) is 29.5 Å². The average Bonchev–Trinajstić information content (AvgIpc) is 3.27. The Morgan fingerprint density at radius 1 is 1.07 bits per heavy atom. The molecule has 3 aliphatic rings. The second-order valence-electron chi connectivity index (χ2n) is 9.95. The predicted octanol–water partition coefficient (Wildman–Crippen LogP) is 2.60. The van der Waals surface area contributed by atoms with Crippen molar-refractivity contribution in [2.45, 2.75) is 44.2 Å². The first-order chi connectivity index (χ1) is 19.3. The van der Waals surface area contributed by atoms with E-state index in [0.29, 0.717) is 29.7 Å². The summed E-state index contributed by atoms with van der Waals surface area (Å²) in [7, 11) is 0. The number of imide groups is 1. The number of urea groups is 1. The third kappa shape index (κ3) is 5.63. The number of carbonyl (C=O) groups is 5. The van der Waals surface area contributed by atoms with Crippen molar-refractivity contribution >= 4 is 41.4 Å². The van der Waals surface area contributed by atoms with E-state index in [2.05, 4.69) is 20.9 Å². The van der Waals surface area contributed by atoms with Crippen LogP contribution in [0.2, 0.25) is 0 Å². The molecule has 2 aromatic carbocycles. The van der Waals surface area contributed by atoms with Gasteiger partial charge in [-0.25, -0.2) is 4.79 Å². The number of nitrogens with one attached hydrogen (secondary N) is 3. The molecule has 2 heterocycles. The lowest BCUT2D eigenvalue weighted by atomic mass is 9.83. The van der Waals surface area contributed by atoms with Crippen LogP contribution in [-0.2, 0) is 20.9 Å². The quantitative estimate of drug-likeness (QED) is 0.239. The van der Waals surface area contributed by atoms with Crippen molar-refractivity contribution in [1.82, 2.24) is 15.5 Å². The zero-order valence-electron chi connectivity index (χ0n) is 21.7. The van der Waals surface area contributed by atoms with Crippen molar-refractivity contribution in [1.29, 1.82) is 0 Å². The number of allylic oxidation sites excluding steroid dienone is 2. The molecule has 4 N–H and O–H groups in total. The summed E-state index contributed by atoms with van der Waals surface area (Å²) >= 11 is 0. The number of hydrogen-bond donors (Lipinski definition) is 4. The van der Waals surface area contributed by atoms with Crippen LogP contribution in [0.25, 0.3) is 0 Å². The number of Topliss-reactive ketones (excluding diaryl/α,β-unsaturated/α-hetero) is 1. The molecule has 206 valence electrons. The fourth-order valence-corrected chi connectivity index (χ4v) is 5.28. The molecule has 40 heavy (non-hydrogen) atoms. The molecule has 2 aliphatic heterocycles. The lowest BCUT2D eigenvalue weighted by Gasteiger charge is -2.29. The Bertz CT molecular complexity index is 1430. The molecular weight excluding hydrogens is 514 g/mol. The maximum absolute atomic E-state index is 12.9. The van der Waals surface area contributed by atoms with Crippen LogP contribution >= 0.6 is 0 Å². The minimum Gasteiger partial charge on any atom is -0.511 e. The molecule has 0 bridgehead atoms. The lowest BCUT2D eigenvalue weighted by Crippen LogP contribution is -2.52. The van der Waals surface area contributed by atoms with Gasteiger partial charge in [0.2, 0.25) is 11.8 Å². The van der Waals surface area contributed by atoms with Crippen LogP contribution in [0.4, 0.5) is 10.5 Å². The van der Waals surface area contributed by atoms with Crippen molar-refractivity contribution in [3.63, 3.8) is 0 Å². The van der Waals surface area contributed by atoms with Gasteiger partial charge in [0.15, 0.2) is 5.78 Å². The molecule has 0 spiro atoms. The Kier molecular flexibility index (Phi) is 7.72. The number of fused-ring (bicyclic) bond motifs is 1. The van der Waals surface area contributed by atoms with Gasteiger partial charge >= 0.3 is 6.03 Å². The Morgan fingerprint density at radius 3 is 2.62 bits per heavy atom. The third-order valence-electron chi connectivity index (χ3n) is 7.33. The summed E-state index contributed by atoms with van der Waals surface area (Å²) in [5.41, 5.74) is 2.63. The number of hydrogen-bond acceptors (Lipinski definition) is 7. The van der Waals surface area contributed by atoms with E-state index >= 15 is 0 Å². The Morgan fingerprint density at radius 2 is 1.88 bits per heavy atom. The number of piperidine rings is 1. The first kappa shape index (κ1) is 26.8. The molecule has 2 unspecified atom stereocenters. The minimum absolute atomic E-state index is 0.0124. The van der Waals surface area contributed by atoms with Gasteiger partial charge in [0.1, 0.15) is 11.8 Å². The number of aliphatic imine (C=N–C) groups is 1. The monoisotopic (exact) mass is 543 g/mol. The first-order valence-corrected chi connectivity index (χ1v) is 13.1. The summed E-state index contributed by atoms with van der Waals surface area (Å²) in [5.74, 6) is -1.41. The van der Waals surface area contributed by atoms with E-state index in [-0.39, 0.29) is 67.3 Å². The van der Waals surface area contributed by atoms with Gasteiger partial charge in [-0.05, 0) is 30.0 Å². The number of nitrogens with zero attached hydrogens (tertiary/aromatic N) is 2. The number of ketones is 1. The standard InChI is InChI=1S/C29H29N5O6/c35-24-13-18(17-5-2-1-3-6-17)14-25(36)20(24)15-30-11-12-31-29(40)32-22-8-4-7-19-21(22)16-34(28(19)39)23-9-10-26(37)33-27(23)38/h1-8,15,18,23,35H,9-14,16H2,(H2,31,32,40)(H,33,37,38). The lowest BCUT2D eigenvalue weighted by molar-refractivity contribution is -0.137. The summed E-state index contributed by atoms with van der Waals surface area (Å²) in [6.45, 7) is 0.501. The molecule has 1 saturated heterocycles. The van der Waals surface area contributed by atoms with E-state index in [1.807, 2.05) is 30.3 Å². The fraction of sp³-hybridized carbons (Fsp3) is 0.310. The molecule has 2 atom stereocenters. The van der Waals surface area contributed by atoms with Crippen molar-refractivity contribution in [3.05, 3.63) is 76.6 Å². The fourth-order valence-electron chi connectivity index (χ4n) is 5.28. The van der Waals surface area contributed by atoms with Crippen LogP contribution in [0.15, 0.2) is 64.9 Å². The third-order valence-corrected chi connectivity index (χ3v) is 7.33. The van der Waals surface area contributed by atoms with Crippen molar-refractivity contribution < 1.29 is 29.1 Å². The molecule has 0 radical (unpaired) electrons. The SMILES string of the molecule is O=C1CCC(N2Cc3c(NC(=O)NCCN=CC4=C(O)CC(c5ccccc5)CC4=O)cccc3C2=O)C(=O)N1. The number of aliphatic hydroxyl groups is 1. The number of aliphatic hydroxyl groups excluding tert-OH is 1. The van der Waals surface area contributed by atoms with Crippen LogP contribution < -0.4 is 16.0 Å². The Hall–Kier alpha value is -4.80. The van der Waals surface area contributed by atoms with E-state index in [0.717, 1.165) is 5.56 Å². The number of rotatable bonds is 7. The van der Waals surface area contributed by atoms with Gasteiger partial charge in [-0.1, -0.05) is 36.4 Å². The van der Waals surface area contributed by atoms with Gasteiger partial charge in [0, 0.05) is 55.4 Å². The summed E-state index contributed by atoms with van der Waals surface area (Å²) in [5, 5.41) is 18.1. The van der Waals surface area contributed by atoms with Crippen LogP contribution in [0, 0.1) is 0 Å². The van der Waals surface area contributed by atoms with Gasteiger partial charge in [0.25, 0.3) is 5.91 Å². The minimum atomic E-state index is -0.744. The molecule has 1 fully saturated rings. The van der Waals surface area contributed by atoms with E-state index in [1.54, 1.807) is 18.2 Å². The van der Waals surface area contributed by atoms with Crippen LogP contribution in [0.5, 0.6) is 0 Å². The Balaban J connectivity index is 1.13. The maximum atomic E-state index is 12.9. The zero-order valence-corrected chi connectivity index (χ0v) is 21.7. The smallest absolute Gasteiger partial charge is 0.319 e. The second-order valence-corrected chi connectivity index (χ2v) is 9.95. The van der Waals surface area contributed by atoms with Gasteiger partial charge < -0.3 is 20.6 Å². The highest BCUT2D eigenvalue weighted by Crippen LogP contribution is 2.33. The summed E-state index contributed by atoms with van der Waals surface area (Å²) in [6, 6.07) is 13.3. The number of anilines is 1. The first-order valence-electron chi connectivity index (χ1n) is 13.1. The highest BCUT2D eigenvalue weighted by atomic mass is 16.3. The zero-order chi connectivity index (χ0) is 28.2. The molecule has 5 amide bonds. The molecule has 2 aromatic rings. The van der Waals surface area contributed by atoms with Gasteiger partial charge in [-0.2, -0.15) is 0 Å². The molecule has 5 rings (SSSR count). The van der Waals surface area contributed by atoms with Gasteiger partial charge in [0.05, 0.1) is 12.1 Å². The van der Waals surface area contributed by atoms with Crippen molar-refractivity contribution in [3.8, 4) is 0 Å². The van der Waals surface area contributed by atoms with Crippen LogP contribution in [0.1, 0.15) is 53.1 Å². The molecule has 11 heteroatoms. The highest BCUT2D eigenvalue weighted by molar-refractivity contribution is 6.14. The summed E-state index contributed by atoms with van der Waals surface area (Å²) in [4.78, 5) is 67.4. The molecular formula is C29H29N5O6. The topological polar surface area (TPSA) is 157 Å². The predicted molar refractivity (Wildman–Crippen MR) is 146 cm³/mol. The normalized spacial score (nSPS) is 21.1. The van der Waals surface area contributed by atoms with E-state index in [4.69, 9.17) is 0 Å². The molecule has 0 saturated carbocycles. The van der Waals surface area contributed by atoms with Gasteiger partial charge in [-0.15, -0.1) is 0 Å². The Labute approximate surface area is 230 Å². The molecule has 11 nitrogen and oxygen atoms in total. The largest absolute Gasteiger partial charge is 0.511 e. The molecule has 0 aromatic heterocycles. The van der Waals surface area contributed by atoms with Crippen molar-refractivity contribution in [2.75, 3.05) is 18.4 Å². The highest BCUT2D eigenvalue weighted by Gasteiger charge is 2.40. The number of amides is 5. The summed E-state index contributed by atoms with van der Waals surface area (Å²) in [6.07, 6.45) is 2.43. The van der Waals surface area contributed by atoms with E-state index in [1.165, 1.54) is 11.1 Å². The number of carbonyl (C=O) groups excluding carboxylic acids is 5. The second kappa shape index (κ2) is 11.5. The van der Waals surface area contributed by atoms with Crippen LogP contribution in [0.3, 0.4) is 0 Å². The summed E-state index contributed by atoms with van der Waals surface area (Å²) < 4.78 is 0. The number of benzene rings is 2. The van der Waals surface area contributed by atoms with Crippen LogP contribution in [-0.4, -0.2) is 64.9 Å². The van der Waals surface area contributed by atoms with E-state index < -0.39 is 18.0 Å². The van der Waals surface area contributed by atoms with Crippen molar-refractivity contribution in [2.24, 2.45) is 4.99 Å². The molecule has 1 aliphatic carbocycles. The maximum Gasteiger partial charge on any atom is 0.319 e. The average molecular weight is 544 g/mol.